The molecule has 1 aromatic rings. The Bertz CT molecular complexity index is 782. The van der Waals surface area contributed by atoms with Crippen molar-refractivity contribution < 1.29 is 18.0 Å². The van der Waals surface area contributed by atoms with Gasteiger partial charge in [-0.05, 0) is 29.3 Å². The fraction of sp³-hybridized carbons (Fsp3) is 0.0625. The molecule has 1 aliphatic rings. The number of allylic oxidation sites excluding steroid dienone is 6. The second-order valence-electron chi connectivity index (χ2n) is 4.36. The molecule has 0 spiro atoms. The highest BCUT2D eigenvalue weighted by Crippen LogP contribution is 2.31. The van der Waals surface area contributed by atoms with Gasteiger partial charge >= 0.3 is 6.18 Å². The number of carbonyl (C=O) groups is 1. The second kappa shape index (κ2) is 5.71. The highest BCUT2D eigenvalue weighted by molar-refractivity contribution is 6.27. The number of alkyl halides is 3. The molecule has 0 aromatic heterocycles. The molecule has 0 unspecified atom stereocenters. The van der Waals surface area contributed by atoms with Crippen molar-refractivity contribution in [2.45, 2.75) is 6.18 Å². The van der Waals surface area contributed by atoms with Crippen molar-refractivity contribution in [1.82, 2.24) is 0 Å². The van der Waals surface area contributed by atoms with Gasteiger partial charge in [0.05, 0.1) is 18.2 Å². The fourth-order valence-corrected chi connectivity index (χ4v) is 1.90. The van der Waals surface area contributed by atoms with E-state index in [0.717, 1.165) is 12.1 Å². The predicted octanol–water partition coefficient (Wildman–Crippen LogP) is 3.92. The van der Waals surface area contributed by atoms with Crippen LogP contribution in [0.4, 0.5) is 13.2 Å². The molecular weight excluding hydrogens is 293 g/mol. The SMILES string of the molecule is [C-]#[N+]/C(C#N)=C1\C=CC(=O)C(c2ccc(C(F)(F)F)cc2)=C1. The van der Waals surface area contributed by atoms with E-state index in [2.05, 4.69) is 4.85 Å². The maximum atomic E-state index is 12.5. The van der Waals surface area contributed by atoms with Gasteiger partial charge in [0, 0.05) is 5.57 Å². The summed E-state index contributed by atoms with van der Waals surface area (Å²) >= 11 is 0. The summed E-state index contributed by atoms with van der Waals surface area (Å²) in [6.07, 6.45) is -0.592. The van der Waals surface area contributed by atoms with E-state index in [0.29, 0.717) is 5.56 Å². The van der Waals surface area contributed by atoms with E-state index < -0.39 is 17.5 Å². The zero-order valence-electron chi connectivity index (χ0n) is 11.0. The van der Waals surface area contributed by atoms with Gasteiger partial charge in [-0.15, -0.1) is 0 Å². The van der Waals surface area contributed by atoms with E-state index in [9.17, 15) is 18.0 Å². The van der Waals surface area contributed by atoms with Gasteiger partial charge in [0.15, 0.2) is 5.78 Å². The summed E-state index contributed by atoms with van der Waals surface area (Å²) in [6, 6.07) is 5.84. The summed E-state index contributed by atoms with van der Waals surface area (Å²) in [5.74, 6) is -0.397. The van der Waals surface area contributed by atoms with Crippen molar-refractivity contribution in [2.24, 2.45) is 0 Å². The first-order chi connectivity index (χ1) is 10.4. The molecule has 0 bridgehead atoms. The van der Waals surface area contributed by atoms with Crippen molar-refractivity contribution in [3.8, 4) is 6.07 Å². The van der Waals surface area contributed by atoms with Gasteiger partial charge in [0.25, 0.3) is 5.70 Å². The molecule has 1 aromatic carbocycles. The molecule has 0 atom stereocenters. The minimum atomic E-state index is -4.45. The van der Waals surface area contributed by atoms with Crippen molar-refractivity contribution in [3.05, 3.63) is 76.3 Å². The van der Waals surface area contributed by atoms with E-state index in [1.807, 2.05) is 0 Å². The van der Waals surface area contributed by atoms with Gasteiger partial charge < -0.3 is 0 Å². The molecule has 1 aliphatic carbocycles. The Hall–Kier alpha value is -3.12. The van der Waals surface area contributed by atoms with Gasteiger partial charge in [0.2, 0.25) is 0 Å². The van der Waals surface area contributed by atoms with Gasteiger partial charge in [0.1, 0.15) is 0 Å². The number of halogens is 3. The Balaban J connectivity index is 2.48. The molecule has 0 fully saturated rings. The van der Waals surface area contributed by atoms with Crippen LogP contribution >= 0.6 is 0 Å². The van der Waals surface area contributed by atoms with Crippen LogP contribution in [0.25, 0.3) is 10.4 Å². The van der Waals surface area contributed by atoms with Crippen LogP contribution in [0.2, 0.25) is 0 Å². The van der Waals surface area contributed by atoms with Crippen LogP contribution in [0, 0.1) is 17.9 Å². The molecule has 0 heterocycles. The molecule has 108 valence electrons. The van der Waals surface area contributed by atoms with E-state index >= 15 is 0 Å². The van der Waals surface area contributed by atoms with E-state index in [1.165, 1.54) is 30.4 Å². The Kier molecular flexibility index (Phi) is 3.96. The predicted molar refractivity (Wildman–Crippen MR) is 72.8 cm³/mol. The Morgan fingerprint density at radius 1 is 1.18 bits per heavy atom. The van der Waals surface area contributed by atoms with Gasteiger partial charge in [-0.1, -0.05) is 24.3 Å². The molecule has 3 nitrogen and oxygen atoms in total. The summed E-state index contributed by atoms with van der Waals surface area (Å²) in [5, 5.41) is 8.83. The third-order valence-corrected chi connectivity index (χ3v) is 2.99. The number of ketones is 1. The number of nitrogens with zero attached hydrogens (tertiary/aromatic N) is 2. The van der Waals surface area contributed by atoms with Crippen LogP contribution in [0.1, 0.15) is 11.1 Å². The largest absolute Gasteiger partial charge is 0.416 e. The first-order valence-corrected chi connectivity index (χ1v) is 6.00. The average molecular weight is 300 g/mol. The minimum Gasteiger partial charge on any atom is -0.289 e. The summed E-state index contributed by atoms with van der Waals surface area (Å²) in [4.78, 5) is 14.9. The third-order valence-electron chi connectivity index (χ3n) is 2.99. The Labute approximate surface area is 124 Å². The van der Waals surface area contributed by atoms with Crippen LogP contribution < -0.4 is 0 Å². The van der Waals surface area contributed by atoms with Crippen molar-refractivity contribution >= 4 is 11.4 Å². The van der Waals surface area contributed by atoms with Gasteiger partial charge in [-0.3, -0.25) is 4.79 Å². The zero-order chi connectivity index (χ0) is 16.3. The maximum absolute atomic E-state index is 12.5. The molecule has 0 radical (unpaired) electrons. The Morgan fingerprint density at radius 3 is 2.32 bits per heavy atom. The smallest absolute Gasteiger partial charge is 0.289 e. The summed E-state index contributed by atoms with van der Waals surface area (Å²) < 4.78 is 37.6. The number of hydrogen-bond acceptors (Lipinski definition) is 2. The Morgan fingerprint density at radius 2 is 1.82 bits per heavy atom. The van der Waals surface area contributed by atoms with E-state index in [-0.39, 0.29) is 16.8 Å². The lowest BCUT2D eigenvalue weighted by Gasteiger charge is -2.11. The zero-order valence-corrected chi connectivity index (χ0v) is 11.0. The first-order valence-electron chi connectivity index (χ1n) is 6.00. The number of nitriles is 1. The second-order valence-corrected chi connectivity index (χ2v) is 4.36. The molecule has 0 saturated heterocycles. The lowest BCUT2D eigenvalue weighted by molar-refractivity contribution is -0.137. The molecular formula is C16H7F3N2O. The molecule has 2 rings (SSSR count). The standard InChI is InChI=1S/C16H7F3N2O/c1-21-14(9-20)11-4-7-15(22)13(8-11)10-2-5-12(6-3-10)16(17,18)19/h2-8H/b14-11+. The third kappa shape index (κ3) is 2.97. The maximum Gasteiger partial charge on any atom is 0.416 e. The van der Waals surface area contributed by atoms with Crippen LogP contribution in [0.5, 0.6) is 0 Å². The molecule has 0 amide bonds. The van der Waals surface area contributed by atoms with E-state index in [1.54, 1.807) is 6.07 Å². The lowest BCUT2D eigenvalue weighted by atomic mass is 9.93. The summed E-state index contributed by atoms with van der Waals surface area (Å²) in [6.45, 7) is 6.89. The highest BCUT2D eigenvalue weighted by Gasteiger charge is 2.30. The molecule has 0 aliphatic heterocycles. The number of carbonyl (C=O) groups excluding carboxylic acids is 1. The van der Waals surface area contributed by atoms with Crippen LogP contribution in [-0.4, -0.2) is 5.78 Å². The summed E-state index contributed by atoms with van der Waals surface area (Å²) in [7, 11) is 0. The molecule has 0 saturated carbocycles. The molecule has 22 heavy (non-hydrogen) atoms. The van der Waals surface area contributed by atoms with Crippen molar-refractivity contribution in [2.75, 3.05) is 0 Å². The quantitative estimate of drug-likeness (QED) is 0.583. The van der Waals surface area contributed by atoms with Crippen molar-refractivity contribution in [3.63, 3.8) is 0 Å². The number of hydrogen-bond donors (Lipinski definition) is 0. The van der Waals surface area contributed by atoms with E-state index in [4.69, 9.17) is 11.8 Å². The normalized spacial score (nSPS) is 16.6. The summed E-state index contributed by atoms with van der Waals surface area (Å²) in [5.41, 5.74) is -0.310. The molecule has 0 N–H and O–H groups in total. The fourth-order valence-electron chi connectivity index (χ4n) is 1.90. The number of rotatable bonds is 1. The van der Waals surface area contributed by atoms with Crippen molar-refractivity contribution in [1.29, 1.82) is 5.26 Å². The van der Waals surface area contributed by atoms with Crippen LogP contribution in [0.3, 0.4) is 0 Å². The first kappa shape index (κ1) is 15.3. The average Bonchev–Trinajstić information content (AvgIpc) is 2.49. The monoisotopic (exact) mass is 300 g/mol. The van der Waals surface area contributed by atoms with Crippen LogP contribution in [-0.2, 0) is 11.0 Å². The molecule has 6 heteroatoms. The lowest BCUT2D eigenvalue weighted by Crippen LogP contribution is -2.06. The van der Waals surface area contributed by atoms with Gasteiger partial charge in [-0.2, -0.15) is 13.2 Å². The minimum absolute atomic E-state index is 0.141. The number of benzene rings is 1. The topological polar surface area (TPSA) is 45.2 Å². The van der Waals surface area contributed by atoms with Gasteiger partial charge in [-0.25, -0.2) is 10.1 Å². The highest BCUT2D eigenvalue weighted by atomic mass is 19.4. The van der Waals surface area contributed by atoms with Crippen LogP contribution in [0.15, 0.2) is 53.8 Å².